The van der Waals surface area contributed by atoms with Crippen LogP contribution in [0.5, 0.6) is 5.75 Å². The normalized spacial score (nSPS) is 17.1. The molecule has 2 atom stereocenters. The first-order valence-electron chi connectivity index (χ1n) is 12.9. The number of aromatic nitrogens is 2. The van der Waals surface area contributed by atoms with E-state index in [-0.39, 0.29) is 17.8 Å². The average molecular weight is 546 g/mol. The number of nitrogens with zero attached hydrogens (tertiary/aromatic N) is 4. The Labute approximate surface area is 234 Å². The summed E-state index contributed by atoms with van der Waals surface area (Å²) in [6, 6.07) is 21.3. The molecule has 0 unspecified atom stereocenters. The highest BCUT2D eigenvalue weighted by Crippen LogP contribution is 2.46. The average Bonchev–Trinajstić information content (AvgIpc) is 3.42. The van der Waals surface area contributed by atoms with Crippen LogP contribution >= 0.6 is 23.8 Å². The van der Waals surface area contributed by atoms with Gasteiger partial charge in [-0.05, 0) is 106 Å². The van der Waals surface area contributed by atoms with E-state index in [1.54, 1.807) is 24.4 Å². The molecule has 0 bridgehead atoms. The number of aromatic hydroxyl groups is 1. The molecular formula is C30H32ClN5OS. The summed E-state index contributed by atoms with van der Waals surface area (Å²) in [5, 5.41) is 15.3. The smallest absolute Gasteiger partial charge is 0.174 e. The molecule has 0 spiro atoms. The quantitative estimate of drug-likeness (QED) is 0.247. The van der Waals surface area contributed by atoms with Crippen molar-refractivity contribution >= 4 is 40.3 Å². The lowest BCUT2D eigenvalue weighted by molar-refractivity contribution is 0.472. The van der Waals surface area contributed by atoms with Crippen molar-refractivity contribution in [3.8, 4) is 11.4 Å². The monoisotopic (exact) mass is 545 g/mol. The van der Waals surface area contributed by atoms with E-state index in [9.17, 15) is 5.11 Å². The molecule has 38 heavy (non-hydrogen) atoms. The highest BCUT2D eigenvalue weighted by atomic mass is 35.5. The van der Waals surface area contributed by atoms with Crippen LogP contribution in [0.25, 0.3) is 5.69 Å². The van der Waals surface area contributed by atoms with Crippen molar-refractivity contribution in [2.45, 2.75) is 39.8 Å². The van der Waals surface area contributed by atoms with Gasteiger partial charge in [0, 0.05) is 47.1 Å². The lowest BCUT2D eigenvalue weighted by atomic mass is 9.96. The molecule has 5 rings (SSSR count). The van der Waals surface area contributed by atoms with Gasteiger partial charge in [-0.1, -0.05) is 17.7 Å². The maximum atomic E-state index is 10.8. The minimum Gasteiger partial charge on any atom is -0.506 e. The zero-order valence-corrected chi connectivity index (χ0v) is 23.6. The second-order valence-electron chi connectivity index (χ2n) is 9.48. The lowest BCUT2D eigenvalue weighted by Crippen LogP contribution is -2.29. The van der Waals surface area contributed by atoms with Crippen LogP contribution in [0.4, 0.5) is 11.4 Å². The topological polar surface area (TPSA) is 56.6 Å². The Hall–Kier alpha value is -3.55. The van der Waals surface area contributed by atoms with E-state index in [1.165, 1.54) is 5.69 Å². The molecule has 0 radical (unpaired) electrons. The van der Waals surface area contributed by atoms with Gasteiger partial charge in [-0.3, -0.25) is 4.98 Å². The number of pyridine rings is 1. The van der Waals surface area contributed by atoms with Crippen LogP contribution in [0.1, 0.15) is 48.6 Å². The van der Waals surface area contributed by atoms with Gasteiger partial charge in [-0.2, -0.15) is 0 Å². The Balaban J connectivity index is 1.64. The largest absolute Gasteiger partial charge is 0.506 e. The first-order valence-corrected chi connectivity index (χ1v) is 13.7. The van der Waals surface area contributed by atoms with Crippen LogP contribution in [0.15, 0.2) is 72.9 Å². The highest BCUT2D eigenvalue weighted by molar-refractivity contribution is 7.80. The summed E-state index contributed by atoms with van der Waals surface area (Å²) in [4.78, 5) is 8.95. The number of benzene rings is 2. The number of hydrogen-bond donors (Lipinski definition) is 2. The minimum atomic E-state index is -0.253. The van der Waals surface area contributed by atoms with Crippen LogP contribution in [-0.4, -0.2) is 32.9 Å². The Kier molecular flexibility index (Phi) is 7.32. The third-order valence-electron chi connectivity index (χ3n) is 7.32. The van der Waals surface area contributed by atoms with Crippen molar-refractivity contribution in [1.29, 1.82) is 0 Å². The number of hydrogen-bond acceptors (Lipinski definition) is 4. The van der Waals surface area contributed by atoms with E-state index < -0.39 is 0 Å². The molecule has 2 aromatic carbocycles. The third-order valence-corrected chi connectivity index (χ3v) is 7.87. The minimum absolute atomic E-state index is 0.117. The highest BCUT2D eigenvalue weighted by Gasteiger charge is 2.43. The number of phenols is 1. The molecule has 0 aliphatic carbocycles. The number of anilines is 2. The van der Waals surface area contributed by atoms with Crippen LogP contribution in [-0.2, 0) is 0 Å². The molecular weight excluding hydrogens is 514 g/mol. The number of nitrogens with one attached hydrogen (secondary N) is 1. The van der Waals surface area contributed by atoms with E-state index in [0.717, 1.165) is 41.4 Å². The summed E-state index contributed by atoms with van der Waals surface area (Å²) in [6.07, 6.45) is 1.79. The van der Waals surface area contributed by atoms with Gasteiger partial charge >= 0.3 is 0 Å². The number of rotatable bonds is 7. The van der Waals surface area contributed by atoms with Gasteiger partial charge in [0.1, 0.15) is 5.75 Å². The van der Waals surface area contributed by atoms with Gasteiger partial charge in [0.15, 0.2) is 5.11 Å². The second kappa shape index (κ2) is 10.7. The van der Waals surface area contributed by atoms with E-state index in [2.05, 4.69) is 77.8 Å². The van der Waals surface area contributed by atoms with Crippen molar-refractivity contribution < 1.29 is 5.11 Å². The van der Waals surface area contributed by atoms with E-state index in [0.29, 0.717) is 15.8 Å². The van der Waals surface area contributed by atoms with Crippen molar-refractivity contribution in [3.63, 3.8) is 0 Å². The lowest BCUT2D eigenvalue weighted by Gasteiger charge is -2.29. The molecule has 8 heteroatoms. The molecule has 1 saturated heterocycles. The summed E-state index contributed by atoms with van der Waals surface area (Å²) < 4.78 is 2.27. The van der Waals surface area contributed by atoms with Crippen molar-refractivity contribution in [1.82, 2.24) is 14.9 Å². The van der Waals surface area contributed by atoms with Crippen molar-refractivity contribution in [3.05, 3.63) is 101 Å². The fourth-order valence-electron chi connectivity index (χ4n) is 5.51. The number of halogens is 1. The molecule has 1 fully saturated rings. The number of aryl methyl sites for hydroxylation is 1. The molecule has 0 saturated carbocycles. The Bertz CT molecular complexity index is 1450. The van der Waals surface area contributed by atoms with E-state index in [4.69, 9.17) is 23.8 Å². The van der Waals surface area contributed by atoms with Crippen molar-refractivity contribution in [2.75, 3.05) is 22.9 Å². The van der Waals surface area contributed by atoms with Gasteiger partial charge in [0.2, 0.25) is 0 Å². The predicted octanol–water partition coefficient (Wildman–Crippen LogP) is 6.87. The Morgan fingerprint density at radius 1 is 1.03 bits per heavy atom. The Morgan fingerprint density at radius 2 is 1.76 bits per heavy atom. The standard InChI is InChI=1S/C30H32ClN5OS/c1-5-34(6-2)22-11-13-23(14-12-22)35-19(3)17-24(20(35)4)29-28(25-9-7-8-16-32-25)33-30(38)36(29)26-18-21(31)10-15-27(26)37/h7-18,28-29,37H,5-6H2,1-4H3,(H,33,38)/t28-,29+/m0/s1. The first-order chi connectivity index (χ1) is 18.3. The number of phenolic OH excluding ortho intramolecular Hbond substituents is 1. The molecule has 1 aliphatic heterocycles. The van der Waals surface area contributed by atoms with Crippen LogP contribution in [0.3, 0.4) is 0 Å². The second-order valence-corrected chi connectivity index (χ2v) is 10.3. The molecule has 0 amide bonds. The van der Waals surface area contributed by atoms with Crippen LogP contribution in [0, 0.1) is 13.8 Å². The molecule has 6 nitrogen and oxygen atoms in total. The predicted molar refractivity (Wildman–Crippen MR) is 160 cm³/mol. The summed E-state index contributed by atoms with van der Waals surface area (Å²) >= 11 is 12.2. The van der Waals surface area contributed by atoms with Gasteiger partial charge in [0.25, 0.3) is 0 Å². The van der Waals surface area contributed by atoms with Gasteiger partial charge in [-0.25, -0.2) is 0 Å². The van der Waals surface area contributed by atoms with E-state index in [1.807, 2.05) is 23.1 Å². The van der Waals surface area contributed by atoms with Gasteiger partial charge in [-0.15, -0.1) is 0 Å². The third kappa shape index (κ3) is 4.61. The zero-order chi connectivity index (χ0) is 27.0. The first kappa shape index (κ1) is 26.1. The summed E-state index contributed by atoms with van der Waals surface area (Å²) in [7, 11) is 0. The van der Waals surface area contributed by atoms with Crippen molar-refractivity contribution in [2.24, 2.45) is 0 Å². The summed E-state index contributed by atoms with van der Waals surface area (Å²) in [6.45, 7) is 10.5. The maximum Gasteiger partial charge on any atom is 0.174 e. The van der Waals surface area contributed by atoms with E-state index >= 15 is 0 Å². The van der Waals surface area contributed by atoms with Crippen LogP contribution in [0.2, 0.25) is 5.02 Å². The fourth-order valence-corrected chi connectivity index (χ4v) is 6.01. The van der Waals surface area contributed by atoms with Gasteiger partial charge < -0.3 is 24.8 Å². The maximum absolute atomic E-state index is 10.8. The molecule has 2 aromatic heterocycles. The van der Waals surface area contributed by atoms with Gasteiger partial charge in [0.05, 0.1) is 23.5 Å². The summed E-state index contributed by atoms with van der Waals surface area (Å²) in [5.74, 6) is 0.117. The molecule has 2 N–H and O–H groups in total. The zero-order valence-electron chi connectivity index (χ0n) is 22.0. The summed E-state index contributed by atoms with van der Waals surface area (Å²) in [5.41, 5.74) is 7.05. The Morgan fingerprint density at radius 3 is 2.42 bits per heavy atom. The number of thiocarbonyl (C=S) groups is 1. The van der Waals surface area contributed by atoms with Crippen LogP contribution < -0.4 is 15.1 Å². The molecule has 1 aliphatic rings. The molecule has 196 valence electrons. The molecule has 3 heterocycles. The molecule has 4 aromatic rings. The fraction of sp³-hybridized carbons (Fsp3) is 0.267. The SMILES string of the molecule is CCN(CC)c1ccc(-n2c(C)cc([C@@H]3[C@H](c4ccccn4)NC(=S)N3c3cc(Cl)ccc3O)c2C)cc1.